The van der Waals surface area contributed by atoms with Crippen LogP contribution in [0.1, 0.15) is 5.56 Å². The predicted octanol–water partition coefficient (Wildman–Crippen LogP) is 1.85. The largest absolute Gasteiger partial charge is 0.302 e. The molecule has 3 nitrogen and oxygen atoms in total. The molecule has 1 atom stereocenters. The lowest BCUT2D eigenvalue weighted by Gasteiger charge is -1.92. The third kappa shape index (κ3) is 4.57. The second kappa shape index (κ2) is 5.64. The Morgan fingerprint density at radius 2 is 2.08 bits per heavy atom. The molecule has 70 valence electrons. The molecule has 0 spiro atoms. The van der Waals surface area contributed by atoms with Gasteiger partial charge in [-0.3, -0.25) is 8.74 Å². The van der Waals surface area contributed by atoms with Gasteiger partial charge in [-0.2, -0.15) is 4.21 Å². The molecule has 0 amide bonds. The van der Waals surface area contributed by atoms with Crippen LogP contribution < -0.4 is 0 Å². The molecule has 4 heteroatoms. The molecule has 0 radical (unpaired) electrons. The fourth-order valence-corrected chi connectivity index (χ4v) is 1.04. The molecule has 1 aromatic rings. The minimum atomic E-state index is -2.17. The van der Waals surface area contributed by atoms with Crippen LogP contribution in [0.25, 0.3) is 6.08 Å². The van der Waals surface area contributed by atoms with Crippen LogP contribution in [0.2, 0.25) is 0 Å². The Kier molecular flexibility index (Phi) is 4.39. The molecule has 0 bridgehead atoms. The van der Waals surface area contributed by atoms with Gasteiger partial charge in [0.1, 0.15) is 0 Å². The molecule has 0 aromatic heterocycles. The average molecular weight is 198 g/mol. The highest BCUT2D eigenvalue weighted by atomic mass is 32.2. The standard InChI is InChI=1S/C9H10O3S/c10-13(11)12-8-4-7-9-5-2-1-3-6-9/h1-7H,8H2,(H,10,11). The van der Waals surface area contributed by atoms with Gasteiger partial charge in [-0.05, 0) is 5.56 Å². The van der Waals surface area contributed by atoms with E-state index < -0.39 is 11.4 Å². The Bertz CT molecular complexity index is 295. The number of rotatable bonds is 4. The van der Waals surface area contributed by atoms with E-state index in [2.05, 4.69) is 4.18 Å². The van der Waals surface area contributed by atoms with Crippen molar-refractivity contribution in [3.05, 3.63) is 42.0 Å². The van der Waals surface area contributed by atoms with Crippen molar-refractivity contribution in [3.8, 4) is 0 Å². The van der Waals surface area contributed by atoms with Crippen LogP contribution in [0, 0.1) is 0 Å². The smallest absolute Gasteiger partial charge is 0.284 e. The molecule has 0 aliphatic rings. The molecule has 1 N–H and O–H groups in total. The van der Waals surface area contributed by atoms with Gasteiger partial charge in [0.15, 0.2) is 0 Å². The maximum Gasteiger partial charge on any atom is 0.302 e. The first-order valence-corrected chi connectivity index (χ1v) is 4.78. The maximum absolute atomic E-state index is 10.1. The molecule has 0 fully saturated rings. The first-order chi connectivity index (χ1) is 6.29. The molecule has 0 aliphatic heterocycles. The van der Waals surface area contributed by atoms with Crippen LogP contribution in [0.3, 0.4) is 0 Å². The summed E-state index contributed by atoms with van der Waals surface area (Å²) >= 11 is -2.17. The zero-order valence-electron chi connectivity index (χ0n) is 6.92. The summed E-state index contributed by atoms with van der Waals surface area (Å²) in [5.41, 5.74) is 1.04. The zero-order chi connectivity index (χ0) is 9.52. The summed E-state index contributed by atoms with van der Waals surface area (Å²) in [5.74, 6) is 0. The van der Waals surface area contributed by atoms with Gasteiger partial charge in [-0.25, -0.2) is 0 Å². The topological polar surface area (TPSA) is 46.5 Å². The SMILES string of the molecule is O=S(O)OCC=Cc1ccccc1. The molecule has 0 saturated heterocycles. The van der Waals surface area contributed by atoms with E-state index >= 15 is 0 Å². The van der Waals surface area contributed by atoms with E-state index in [4.69, 9.17) is 4.55 Å². The highest BCUT2D eigenvalue weighted by Gasteiger charge is 1.87. The molecular formula is C9H10O3S. The van der Waals surface area contributed by atoms with Crippen LogP contribution in [0.5, 0.6) is 0 Å². The Hall–Kier alpha value is -0.970. The quantitative estimate of drug-likeness (QED) is 0.751. The first kappa shape index (κ1) is 10.1. The van der Waals surface area contributed by atoms with Crippen molar-refractivity contribution >= 4 is 17.4 Å². The summed E-state index contributed by atoms with van der Waals surface area (Å²) in [6, 6.07) is 9.64. The Balaban J connectivity index is 2.37. The lowest BCUT2D eigenvalue weighted by atomic mass is 10.2. The number of hydrogen-bond acceptors (Lipinski definition) is 2. The monoisotopic (exact) mass is 198 g/mol. The molecule has 0 aliphatic carbocycles. The first-order valence-electron chi connectivity index (χ1n) is 3.75. The zero-order valence-corrected chi connectivity index (χ0v) is 7.74. The fourth-order valence-electron chi connectivity index (χ4n) is 0.846. The second-order valence-electron chi connectivity index (χ2n) is 2.31. The van der Waals surface area contributed by atoms with E-state index in [1.165, 1.54) is 0 Å². The van der Waals surface area contributed by atoms with Gasteiger partial charge in [0.05, 0.1) is 6.61 Å². The molecule has 1 aromatic carbocycles. The third-order valence-electron chi connectivity index (χ3n) is 1.37. The highest BCUT2D eigenvalue weighted by Crippen LogP contribution is 2.00. The normalized spacial score (nSPS) is 13.3. The van der Waals surface area contributed by atoms with Crippen molar-refractivity contribution in [2.24, 2.45) is 0 Å². The van der Waals surface area contributed by atoms with Crippen molar-refractivity contribution in [1.29, 1.82) is 0 Å². The second-order valence-corrected chi connectivity index (χ2v) is 2.98. The van der Waals surface area contributed by atoms with Crippen molar-refractivity contribution < 1.29 is 12.9 Å². The van der Waals surface area contributed by atoms with Gasteiger partial charge < -0.3 is 0 Å². The van der Waals surface area contributed by atoms with Crippen LogP contribution in [0.4, 0.5) is 0 Å². The lowest BCUT2D eigenvalue weighted by Crippen LogP contribution is -1.93. The minimum Gasteiger partial charge on any atom is -0.284 e. The maximum atomic E-state index is 10.1. The van der Waals surface area contributed by atoms with E-state index in [1.807, 2.05) is 36.4 Å². The van der Waals surface area contributed by atoms with E-state index in [0.29, 0.717) is 0 Å². The van der Waals surface area contributed by atoms with Gasteiger partial charge in [-0.1, -0.05) is 42.5 Å². The van der Waals surface area contributed by atoms with E-state index in [1.54, 1.807) is 6.08 Å². The summed E-state index contributed by atoms with van der Waals surface area (Å²) in [7, 11) is 0. The summed E-state index contributed by atoms with van der Waals surface area (Å²) in [5, 5.41) is 0. The Labute approximate surface area is 79.5 Å². The summed E-state index contributed by atoms with van der Waals surface area (Å²) in [4.78, 5) is 0. The molecular weight excluding hydrogens is 188 g/mol. The molecule has 0 saturated carbocycles. The van der Waals surface area contributed by atoms with Crippen molar-refractivity contribution in [2.45, 2.75) is 0 Å². The summed E-state index contributed by atoms with van der Waals surface area (Å²) < 4.78 is 22.7. The molecule has 1 unspecified atom stereocenters. The van der Waals surface area contributed by atoms with E-state index in [0.717, 1.165) is 5.56 Å². The molecule has 13 heavy (non-hydrogen) atoms. The third-order valence-corrected chi connectivity index (χ3v) is 1.71. The van der Waals surface area contributed by atoms with Crippen molar-refractivity contribution in [1.82, 2.24) is 0 Å². The highest BCUT2D eigenvalue weighted by molar-refractivity contribution is 7.74. The molecule has 1 rings (SSSR count). The molecule has 0 heterocycles. The van der Waals surface area contributed by atoms with Gasteiger partial charge in [0.2, 0.25) is 0 Å². The van der Waals surface area contributed by atoms with Crippen LogP contribution in [-0.2, 0) is 15.5 Å². The van der Waals surface area contributed by atoms with E-state index in [9.17, 15) is 4.21 Å². The number of hydrogen-bond donors (Lipinski definition) is 1. The van der Waals surface area contributed by atoms with Crippen molar-refractivity contribution in [3.63, 3.8) is 0 Å². The predicted molar refractivity (Wildman–Crippen MR) is 52.2 cm³/mol. The minimum absolute atomic E-state index is 0.137. The average Bonchev–Trinajstić information content (AvgIpc) is 2.14. The van der Waals surface area contributed by atoms with Gasteiger partial charge in [0.25, 0.3) is 0 Å². The van der Waals surface area contributed by atoms with E-state index in [-0.39, 0.29) is 6.61 Å². The van der Waals surface area contributed by atoms with Gasteiger partial charge in [0, 0.05) is 0 Å². The summed E-state index contributed by atoms with van der Waals surface area (Å²) in [6.45, 7) is 0.137. The summed E-state index contributed by atoms with van der Waals surface area (Å²) in [6.07, 6.45) is 3.51. The lowest BCUT2D eigenvalue weighted by molar-refractivity contribution is 0.343. The fraction of sp³-hybridized carbons (Fsp3) is 0.111. The van der Waals surface area contributed by atoms with Crippen LogP contribution in [-0.4, -0.2) is 15.4 Å². The van der Waals surface area contributed by atoms with Gasteiger partial charge >= 0.3 is 11.4 Å². The Morgan fingerprint density at radius 1 is 1.38 bits per heavy atom. The van der Waals surface area contributed by atoms with Crippen molar-refractivity contribution in [2.75, 3.05) is 6.61 Å². The Morgan fingerprint density at radius 3 is 2.69 bits per heavy atom. The van der Waals surface area contributed by atoms with Crippen LogP contribution >= 0.6 is 0 Å². The number of benzene rings is 1. The van der Waals surface area contributed by atoms with Gasteiger partial charge in [-0.15, -0.1) is 0 Å². The van der Waals surface area contributed by atoms with Crippen LogP contribution in [0.15, 0.2) is 36.4 Å².